The number of thioether (sulfide) groups is 1. The zero-order valence-corrected chi connectivity index (χ0v) is 26.0. The Kier molecular flexibility index (Phi) is 8.07. The van der Waals surface area contributed by atoms with Crippen LogP contribution in [0.1, 0.15) is 64.2 Å². The number of thiophene rings is 1. The Balaban J connectivity index is 1.67. The van der Waals surface area contributed by atoms with Crippen LogP contribution in [0.2, 0.25) is 0 Å². The maximum absolute atomic E-state index is 13.6. The van der Waals surface area contributed by atoms with Gasteiger partial charge in [0, 0.05) is 11.3 Å². The maximum atomic E-state index is 13.6. The first-order valence-electron chi connectivity index (χ1n) is 12.5. The van der Waals surface area contributed by atoms with Gasteiger partial charge in [0.15, 0.2) is 16.2 Å². The molecular weight excluding hydrogens is 561 g/mol. The van der Waals surface area contributed by atoms with Crippen molar-refractivity contribution in [1.29, 1.82) is 0 Å². The minimum atomic E-state index is -3.48. The third-order valence-electron chi connectivity index (χ3n) is 6.84. The molecule has 11 heteroatoms. The summed E-state index contributed by atoms with van der Waals surface area (Å²) in [6.07, 6.45) is 2.63. The van der Waals surface area contributed by atoms with Gasteiger partial charge in [-0.25, -0.2) is 13.4 Å². The molecule has 3 aromatic rings. The number of ether oxygens (including phenoxy) is 1. The van der Waals surface area contributed by atoms with E-state index in [1.165, 1.54) is 28.7 Å². The van der Waals surface area contributed by atoms with Gasteiger partial charge in [-0.1, -0.05) is 46.0 Å². The largest absolute Gasteiger partial charge is 0.457 e. The fourth-order valence-electron chi connectivity index (χ4n) is 4.80. The number of nitrogens with one attached hydrogen (secondary N) is 1. The van der Waals surface area contributed by atoms with Crippen molar-refractivity contribution >= 4 is 71.6 Å². The lowest BCUT2D eigenvalue weighted by molar-refractivity contribution is -0.176. The van der Waals surface area contributed by atoms with E-state index in [-0.39, 0.29) is 23.5 Å². The highest BCUT2D eigenvalue weighted by Crippen LogP contribution is 2.46. The van der Waals surface area contributed by atoms with Gasteiger partial charge < -0.3 is 4.74 Å². The molecule has 4 rings (SSSR count). The molecule has 0 radical (unpaired) electrons. The SMILES string of the molecule is Cc1cc(SC2C(=O)CC(CCc3ccsc3)(C(C)C)OC2=O)c(C(C)(C)C)c2sc(NS(C)(=O)=O)nc12. The van der Waals surface area contributed by atoms with Crippen molar-refractivity contribution in [1.82, 2.24) is 4.98 Å². The molecule has 1 aliphatic rings. The van der Waals surface area contributed by atoms with Gasteiger partial charge in [0.2, 0.25) is 10.0 Å². The van der Waals surface area contributed by atoms with Crippen LogP contribution >= 0.6 is 34.4 Å². The van der Waals surface area contributed by atoms with Crippen molar-refractivity contribution in [2.75, 3.05) is 11.0 Å². The Labute approximate surface area is 236 Å². The second-order valence-corrected chi connectivity index (χ2v) is 16.0. The number of esters is 1. The number of fused-ring (bicyclic) bond motifs is 1. The molecular formula is C27H34N2O5S4. The molecule has 1 N–H and O–H groups in total. The molecule has 0 amide bonds. The van der Waals surface area contributed by atoms with E-state index in [9.17, 15) is 18.0 Å². The minimum Gasteiger partial charge on any atom is -0.457 e. The Hall–Kier alpha value is -1.95. The third kappa shape index (κ3) is 6.11. The summed E-state index contributed by atoms with van der Waals surface area (Å²) in [5.74, 6) is -0.611. The van der Waals surface area contributed by atoms with Crippen molar-refractivity contribution in [3.05, 3.63) is 39.6 Å². The average Bonchev–Trinajstić information content (AvgIpc) is 3.42. The minimum absolute atomic E-state index is 0.00155. The number of anilines is 1. The maximum Gasteiger partial charge on any atom is 0.327 e. The number of Topliss-reactive ketones (excluding diaryl/α,β-unsaturated/α-hetero) is 1. The van der Waals surface area contributed by atoms with Crippen LogP contribution in [0.15, 0.2) is 27.8 Å². The first-order chi connectivity index (χ1) is 17.6. The van der Waals surface area contributed by atoms with E-state index in [0.717, 1.165) is 33.4 Å². The lowest BCUT2D eigenvalue weighted by Crippen LogP contribution is -2.52. The molecule has 0 spiro atoms. The molecule has 1 saturated heterocycles. The van der Waals surface area contributed by atoms with Gasteiger partial charge in [0.25, 0.3) is 0 Å². The Bertz CT molecular complexity index is 1450. The van der Waals surface area contributed by atoms with Gasteiger partial charge in [-0.3, -0.25) is 14.3 Å². The lowest BCUT2D eigenvalue weighted by atomic mass is 9.78. The number of cyclic esters (lactones) is 1. The standard InChI is InChI=1S/C27H34N2O5S4/c1-15(2)27(10-8-17-9-11-35-14-17)13-18(30)22(24(31)34-27)36-19-12-16(3)21-23(20(19)26(4,5)6)37-25(28-21)29-38(7,32)33/h9,11-12,14-15,22H,8,10,13H2,1-7H3,(H,28,29). The van der Waals surface area contributed by atoms with Crippen LogP contribution in [0.3, 0.4) is 0 Å². The van der Waals surface area contributed by atoms with E-state index >= 15 is 0 Å². The number of ketones is 1. The molecule has 1 fully saturated rings. The predicted octanol–water partition coefficient (Wildman–Crippen LogP) is 6.34. The number of rotatable bonds is 8. The molecule has 38 heavy (non-hydrogen) atoms. The van der Waals surface area contributed by atoms with Gasteiger partial charge in [-0.05, 0) is 70.7 Å². The molecule has 7 nitrogen and oxygen atoms in total. The number of aromatic nitrogens is 1. The summed E-state index contributed by atoms with van der Waals surface area (Å²) in [6, 6.07) is 4.01. The molecule has 0 bridgehead atoms. The molecule has 0 aliphatic carbocycles. The molecule has 0 saturated carbocycles. The highest BCUT2D eigenvalue weighted by Gasteiger charge is 2.49. The Morgan fingerprint density at radius 2 is 2.00 bits per heavy atom. The van der Waals surface area contributed by atoms with E-state index in [0.29, 0.717) is 17.1 Å². The van der Waals surface area contributed by atoms with Gasteiger partial charge >= 0.3 is 5.97 Å². The van der Waals surface area contributed by atoms with Crippen molar-refractivity contribution in [2.45, 2.75) is 82.0 Å². The van der Waals surface area contributed by atoms with E-state index in [2.05, 4.69) is 41.9 Å². The van der Waals surface area contributed by atoms with Crippen molar-refractivity contribution in [3.8, 4) is 0 Å². The number of aryl methyl sites for hydroxylation is 2. The van der Waals surface area contributed by atoms with E-state index in [4.69, 9.17) is 4.74 Å². The zero-order chi connectivity index (χ0) is 28.0. The predicted molar refractivity (Wildman–Crippen MR) is 157 cm³/mol. The van der Waals surface area contributed by atoms with Crippen molar-refractivity contribution < 1.29 is 22.7 Å². The van der Waals surface area contributed by atoms with Gasteiger partial charge in [0.1, 0.15) is 5.60 Å². The van der Waals surface area contributed by atoms with Gasteiger partial charge in [-0.15, -0.1) is 11.8 Å². The number of carbonyl (C=O) groups excluding carboxylic acids is 2. The second-order valence-electron chi connectivity index (χ2n) is 11.3. The molecule has 1 aromatic carbocycles. The summed E-state index contributed by atoms with van der Waals surface area (Å²) >= 11 is 4.13. The highest BCUT2D eigenvalue weighted by molar-refractivity contribution is 8.01. The van der Waals surface area contributed by atoms with Crippen LogP contribution in [0.4, 0.5) is 5.13 Å². The summed E-state index contributed by atoms with van der Waals surface area (Å²) in [6.45, 7) is 12.1. The molecule has 3 heterocycles. The number of nitrogens with zero attached hydrogens (tertiary/aromatic N) is 1. The van der Waals surface area contributed by atoms with Crippen molar-refractivity contribution in [3.63, 3.8) is 0 Å². The van der Waals surface area contributed by atoms with E-state index in [1.807, 2.05) is 32.2 Å². The number of sulfonamides is 1. The van der Waals surface area contributed by atoms with Crippen LogP contribution in [0.5, 0.6) is 0 Å². The van der Waals surface area contributed by atoms with Gasteiger partial charge in [0.05, 0.1) is 16.5 Å². The summed E-state index contributed by atoms with van der Waals surface area (Å²) in [5, 5.41) is 3.44. The fourth-order valence-corrected chi connectivity index (χ4v) is 9.09. The normalized spacial score (nSPS) is 20.8. The summed E-state index contributed by atoms with van der Waals surface area (Å²) in [5.41, 5.74) is 2.50. The van der Waals surface area contributed by atoms with E-state index in [1.54, 1.807) is 11.3 Å². The molecule has 2 aromatic heterocycles. The molecule has 2 unspecified atom stereocenters. The number of hydrogen-bond donors (Lipinski definition) is 1. The van der Waals surface area contributed by atoms with Crippen LogP contribution in [0, 0.1) is 12.8 Å². The first-order valence-corrected chi connectivity index (χ1v) is 17.0. The average molecular weight is 595 g/mol. The zero-order valence-electron chi connectivity index (χ0n) is 22.7. The van der Waals surface area contributed by atoms with Gasteiger partial charge in [-0.2, -0.15) is 11.3 Å². The topological polar surface area (TPSA) is 102 Å². The lowest BCUT2D eigenvalue weighted by Gasteiger charge is -2.41. The quantitative estimate of drug-likeness (QED) is 0.240. The highest BCUT2D eigenvalue weighted by atomic mass is 32.2. The summed E-state index contributed by atoms with van der Waals surface area (Å²) in [4.78, 5) is 32.3. The van der Waals surface area contributed by atoms with Crippen LogP contribution in [0.25, 0.3) is 10.2 Å². The Morgan fingerprint density at radius 3 is 2.55 bits per heavy atom. The monoisotopic (exact) mass is 594 g/mol. The third-order valence-corrected chi connectivity index (χ3v) is 10.5. The number of hydrogen-bond acceptors (Lipinski definition) is 9. The van der Waals surface area contributed by atoms with Crippen LogP contribution in [-0.4, -0.2) is 42.3 Å². The number of thiazole rings is 1. The summed E-state index contributed by atoms with van der Waals surface area (Å²) in [7, 11) is -3.48. The fraction of sp³-hybridized carbons (Fsp3) is 0.519. The van der Waals surface area contributed by atoms with Crippen molar-refractivity contribution in [2.24, 2.45) is 5.92 Å². The van der Waals surface area contributed by atoms with Crippen LogP contribution < -0.4 is 4.72 Å². The van der Waals surface area contributed by atoms with Crippen LogP contribution in [-0.2, 0) is 36.2 Å². The molecule has 2 atom stereocenters. The second kappa shape index (κ2) is 10.6. The first kappa shape index (κ1) is 29.0. The molecule has 1 aliphatic heterocycles. The number of carbonyl (C=O) groups is 2. The Morgan fingerprint density at radius 1 is 1.29 bits per heavy atom. The number of benzene rings is 1. The summed E-state index contributed by atoms with van der Waals surface area (Å²) < 4.78 is 33.1. The van der Waals surface area contributed by atoms with E-state index < -0.39 is 26.8 Å². The molecule has 206 valence electrons. The smallest absolute Gasteiger partial charge is 0.327 e.